The molecule has 0 aliphatic rings. The van der Waals surface area contributed by atoms with Gasteiger partial charge >= 0.3 is 11.9 Å². The fourth-order valence-corrected chi connectivity index (χ4v) is 2.40. The molecule has 1 amide bonds. The second-order valence-electron chi connectivity index (χ2n) is 5.48. The van der Waals surface area contributed by atoms with E-state index in [1.807, 2.05) is 24.3 Å². The van der Waals surface area contributed by atoms with Gasteiger partial charge in [-0.05, 0) is 18.1 Å². The van der Waals surface area contributed by atoms with Crippen molar-refractivity contribution in [2.75, 3.05) is 0 Å². The lowest BCUT2D eigenvalue weighted by atomic mass is 10.0. The Bertz CT molecular complexity index is 776. The van der Waals surface area contributed by atoms with E-state index in [9.17, 15) is 19.5 Å². The van der Waals surface area contributed by atoms with Crippen LogP contribution in [0.1, 0.15) is 18.4 Å². The Hall–Kier alpha value is -2.87. The van der Waals surface area contributed by atoms with Gasteiger partial charge in [-0.1, -0.05) is 18.2 Å². The number of H-pyrrole nitrogens is 1. The average Bonchev–Trinajstić information content (AvgIpc) is 3.01. The van der Waals surface area contributed by atoms with Crippen molar-refractivity contribution in [2.24, 2.45) is 5.73 Å². The maximum atomic E-state index is 12.0. The number of hydrogen-bond donors (Lipinski definition) is 5. The molecule has 1 aromatic heterocycles. The SMILES string of the molecule is [2H]OC(=O)CC[C@@H](N)C(=O)N[C@@H](Cc1c[nH]c2ccccc12)C(=O)O. The second-order valence-corrected chi connectivity index (χ2v) is 5.48. The third kappa shape index (κ3) is 4.32. The molecule has 2 atom stereocenters. The molecule has 0 saturated heterocycles. The van der Waals surface area contributed by atoms with Gasteiger partial charge in [0.25, 0.3) is 1.43 Å². The summed E-state index contributed by atoms with van der Waals surface area (Å²) in [5.41, 5.74) is 7.29. The quantitative estimate of drug-likeness (QED) is 0.474. The van der Waals surface area contributed by atoms with Gasteiger partial charge in [0.2, 0.25) is 5.91 Å². The molecule has 6 N–H and O–H groups in total. The third-order valence-corrected chi connectivity index (χ3v) is 3.71. The van der Waals surface area contributed by atoms with E-state index >= 15 is 0 Å². The molecule has 0 unspecified atom stereocenters. The van der Waals surface area contributed by atoms with E-state index in [0.717, 1.165) is 16.5 Å². The highest BCUT2D eigenvalue weighted by Gasteiger charge is 2.24. The molecule has 0 aliphatic heterocycles. The fourth-order valence-electron chi connectivity index (χ4n) is 2.40. The molecule has 0 aliphatic carbocycles. The lowest BCUT2D eigenvalue weighted by molar-refractivity contribution is -0.142. The second kappa shape index (κ2) is 7.60. The fraction of sp³-hybridized carbons (Fsp3) is 0.312. The Labute approximate surface area is 139 Å². The summed E-state index contributed by atoms with van der Waals surface area (Å²) in [7, 11) is 0. The van der Waals surface area contributed by atoms with E-state index < -0.39 is 29.9 Å². The van der Waals surface area contributed by atoms with Crippen LogP contribution in [-0.2, 0) is 20.8 Å². The molecular formula is C16H19N3O5. The van der Waals surface area contributed by atoms with Crippen LogP contribution in [-0.4, -0.2) is 45.1 Å². The van der Waals surface area contributed by atoms with Crippen molar-refractivity contribution in [1.82, 2.24) is 10.3 Å². The number of amides is 1. The lowest BCUT2D eigenvalue weighted by Gasteiger charge is -2.17. The van der Waals surface area contributed by atoms with E-state index in [2.05, 4.69) is 15.4 Å². The molecule has 0 spiro atoms. The zero-order valence-corrected chi connectivity index (χ0v) is 12.8. The number of carbonyl (C=O) groups is 3. The van der Waals surface area contributed by atoms with Crippen LogP contribution < -0.4 is 11.1 Å². The van der Waals surface area contributed by atoms with E-state index in [1.54, 1.807) is 6.20 Å². The van der Waals surface area contributed by atoms with E-state index in [0.29, 0.717) is 0 Å². The van der Waals surface area contributed by atoms with E-state index in [1.165, 1.54) is 0 Å². The molecule has 24 heavy (non-hydrogen) atoms. The van der Waals surface area contributed by atoms with Crippen molar-refractivity contribution in [3.05, 3.63) is 36.0 Å². The highest BCUT2D eigenvalue weighted by molar-refractivity contribution is 5.88. The number of para-hydroxylation sites is 1. The predicted octanol–water partition coefficient (Wildman–Crippen LogP) is 0.472. The van der Waals surface area contributed by atoms with Gasteiger partial charge in [-0.25, -0.2) is 4.79 Å². The Morgan fingerprint density at radius 3 is 2.79 bits per heavy atom. The minimum absolute atomic E-state index is 0.0387. The first-order valence-corrected chi connectivity index (χ1v) is 7.42. The molecule has 8 heteroatoms. The topological polar surface area (TPSA) is 146 Å². The standard InChI is InChI=1S/C16H19N3O5/c17-11(5-6-14(20)21)15(22)19-13(16(23)24)7-9-8-18-12-4-2-1-3-10(9)12/h1-4,8,11,13,18H,5-7,17H2,(H,19,22)(H,20,21)(H,23,24)/t11-,13+/m1/s1/i/hD. The van der Waals surface area contributed by atoms with Crippen LogP contribution in [0.5, 0.6) is 0 Å². The van der Waals surface area contributed by atoms with Crippen LogP contribution in [0.4, 0.5) is 0 Å². The summed E-state index contributed by atoms with van der Waals surface area (Å²) in [5.74, 6) is -2.67. The molecule has 128 valence electrons. The first-order chi connectivity index (χ1) is 11.9. The molecule has 8 nitrogen and oxygen atoms in total. The smallest absolute Gasteiger partial charge is 0.326 e. The Kier molecular flexibility index (Phi) is 5.07. The molecule has 1 aromatic carbocycles. The Morgan fingerprint density at radius 2 is 2.08 bits per heavy atom. The zero-order valence-electron chi connectivity index (χ0n) is 13.8. The number of benzene rings is 1. The van der Waals surface area contributed by atoms with Gasteiger partial charge < -0.3 is 26.2 Å². The number of carbonyl (C=O) groups excluding carboxylic acids is 1. The first kappa shape index (κ1) is 16.0. The van der Waals surface area contributed by atoms with Gasteiger partial charge in [-0.3, -0.25) is 9.59 Å². The lowest BCUT2D eigenvalue weighted by Crippen LogP contribution is -2.49. The molecule has 0 saturated carbocycles. The number of rotatable bonds is 8. The zero-order chi connectivity index (χ0) is 18.4. The van der Waals surface area contributed by atoms with E-state index in [4.69, 9.17) is 7.16 Å². The number of aromatic amines is 1. The number of aromatic nitrogens is 1. The van der Waals surface area contributed by atoms with Crippen LogP contribution in [0.25, 0.3) is 12.3 Å². The predicted molar refractivity (Wildman–Crippen MR) is 86.4 cm³/mol. The van der Waals surface area contributed by atoms with Crippen LogP contribution >= 0.6 is 0 Å². The molecule has 1 heterocycles. The van der Waals surface area contributed by atoms with Gasteiger partial charge in [-0.15, -0.1) is 0 Å². The summed E-state index contributed by atoms with van der Waals surface area (Å²) >= 11 is 0. The third-order valence-electron chi connectivity index (χ3n) is 3.71. The molecule has 0 radical (unpaired) electrons. The molecule has 2 rings (SSSR count). The monoisotopic (exact) mass is 334 g/mol. The largest absolute Gasteiger partial charge is 0.481 e. The van der Waals surface area contributed by atoms with Crippen molar-refractivity contribution < 1.29 is 24.6 Å². The van der Waals surface area contributed by atoms with E-state index in [-0.39, 0.29) is 19.3 Å². The van der Waals surface area contributed by atoms with Gasteiger partial charge in [0, 0.05) is 29.9 Å². The van der Waals surface area contributed by atoms with Gasteiger partial charge in [-0.2, -0.15) is 0 Å². The number of aliphatic carboxylic acids is 2. The van der Waals surface area contributed by atoms with Gasteiger partial charge in [0.05, 0.1) is 6.04 Å². The van der Waals surface area contributed by atoms with Gasteiger partial charge in [0.1, 0.15) is 6.04 Å². The van der Waals surface area contributed by atoms with Crippen molar-refractivity contribution in [3.8, 4) is 0 Å². The Balaban J connectivity index is 2.02. The van der Waals surface area contributed by atoms with Crippen molar-refractivity contribution in [1.29, 1.82) is 1.43 Å². The number of fused-ring (bicyclic) bond motifs is 1. The van der Waals surface area contributed by atoms with Crippen molar-refractivity contribution >= 4 is 28.7 Å². The molecule has 2 aromatic rings. The first-order valence-electron chi connectivity index (χ1n) is 7.83. The van der Waals surface area contributed by atoms with Crippen molar-refractivity contribution in [2.45, 2.75) is 31.3 Å². The molecule has 0 bridgehead atoms. The minimum atomic E-state index is -1.18. The Morgan fingerprint density at radius 1 is 1.33 bits per heavy atom. The number of carboxylic acids is 2. The van der Waals surface area contributed by atoms with Crippen LogP contribution in [0, 0.1) is 0 Å². The summed E-state index contributed by atoms with van der Waals surface area (Å²) in [4.78, 5) is 37.5. The summed E-state index contributed by atoms with van der Waals surface area (Å²) in [5, 5.41) is 16.4. The number of nitrogens with one attached hydrogen (secondary N) is 2. The molecular weight excluding hydrogens is 314 g/mol. The highest BCUT2D eigenvalue weighted by atomic mass is 16.4. The normalized spacial score (nSPS) is 13.8. The highest BCUT2D eigenvalue weighted by Crippen LogP contribution is 2.19. The summed E-state index contributed by atoms with van der Waals surface area (Å²) in [6, 6.07) is 5.22. The maximum Gasteiger partial charge on any atom is 0.326 e. The van der Waals surface area contributed by atoms with Crippen LogP contribution in [0.3, 0.4) is 0 Å². The average molecular weight is 334 g/mol. The number of nitrogens with two attached hydrogens (primary N) is 1. The number of carboxylic acid groups (broad SMARTS) is 2. The minimum Gasteiger partial charge on any atom is -0.481 e. The summed E-state index contributed by atoms with van der Waals surface area (Å²) < 4.78 is 6.43. The van der Waals surface area contributed by atoms with Crippen molar-refractivity contribution in [3.63, 3.8) is 0 Å². The number of hydrogen-bond acceptors (Lipinski definition) is 5. The van der Waals surface area contributed by atoms with Crippen LogP contribution in [0.2, 0.25) is 0 Å². The summed E-state index contributed by atoms with van der Waals surface area (Å²) in [6.07, 6.45) is 1.56. The maximum absolute atomic E-state index is 12.0. The molecule has 0 fully saturated rings. The van der Waals surface area contributed by atoms with Crippen LogP contribution in [0.15, 0.2) is 30.5 Å². The summed E-state index contributed by atoms with van der Waals surface area (Å²) in [6.45, 7) is 0. The van der Waals surface area contributed by atoms with Gasteiger partial charge in [0.15, 0.2) is 0 Å².